The predicted molar refractivity (Wildman–Crippen MR) is 108 cm³/mol. The Hall–Kier alpha value is -2.19. The van der Waals surface area contributed by atoms with E-state index in [-0.39, 0.29) is 5.92 Å². The Labute approximate surface area is 154 Å². The first-order chi connectivity index (χ1) is 12.7. The van der Waals surface area contributed by atoms with Crippen LogP contribution >= 0.6 is 0 Å². The Kier molecular flexibility index (Phi) is 3.82. The molecular weight excluding hydrogens is 318 g/mol. The molecule has 2 nitrogen and oxygen atoms in total. The predicted octanol–water partition coefficient (Wildman–Crippen LogP) is 5.44. The summed E-state index contributed by atoms with van der Waals surface area (Å²) < 4.78 is 0. The minimum atomic E-state index is 0.163. The van der Waals surface area contributed by atoms with Crippen molar-refractivity contribution in [2.75, 3.05) is 7.05 Å². The van der Waals surface area contributed by atoms with Gasteiger partial charge in [0.1, 0.15) is 0 Å². The molecule has 2 aliphatic rings. The molecule has 2 atom stereocenters. The normalized spacial score (nSPS) is 26.3. The van der Waals surface area contributed by atoms with Crippen LogP contribution in [0.2, 0.25) is 0 Å². The van der Waals surface area contributed by atoms with Crippen molar-refractivity contribution in [1.82, 2.24) is 4.90 Å². The molecule has 2 bridgehead atoms. The van der Waals surface area contributed by atoms with Gasteiger partial charge in [0.25, 0.3) is 0 Å². The maximum atomic E-state index is 13.7. The highest BCUT2D eigenvalue weighted by atomic mass is 16.1. The molecule has 0 amide bonds. The van der Waals surface area contributed by atoms with Crippen molar-refractivity contribution in [3.63, 3.8) is 0 Å². The first kappa shape index (κ1) is 16.0. The Balaban J connectivity index is 1.64. The summed E-state index contributed by atoms with van der Waals surface area (Å²) in [5.41, 5.74) is 0.950. The highest BCUT2D eigenvalue weighted by molar-refractivity contribution is 6.19. The average molecular weight is 343 g/mol. The van der Waals surface area contributed by atoms with E-state index in [2.05, 4.69) is 66.5 Å². The molecule has 3 aromatic rings. The van der Waals surface area contributed by atoms with Crippen molar-refractivity contribution in [3.05, 3.63) is 60.2 Å². The van der Waals surface area contributed by atoms with Crippen LogP contribution in [0.5, 0.6) is 0 Å². The van der Waals surface area contributed by atoms with Gasteiger partial charge in [-0.1, -0.05) is 55.0 Å². The summed E-state index contributed by atoms with van der Waals surface area (Å²) in [7, 11) is 2.25. The number of Topliss-reactive ketones (excluding diaryl/α,β-unsaturated/α-hetero) is 1. The molecule has 2 saturated heterocycles. The van der Waals surface area contributed by atoms with Gasteiger partial charge < -0.3 is 4.90 Å². The zero-order valence-electron chi connectivity index (χ0n) is 15.3. The van der Waals surface area contributed by atoms with Crippen LogP contribution in [0.4, 0.5) is 0 Å². The van der Waals surface area contributed by atoms with Crippen LogP contribution < -0.4 is 0 Å². The molecule has 3 aromatic carbocycles. The number of carbonyl (C=O) groups excluding carboxylic acids is 1. The fourth-order valence-electron chi connectivity index (χ4n) is 5.31. The Morgan fingerprint density at radius 3 is 2.00 bits per heavy atom. The molecule has 2 heteroatoms. The van der Waals surface area contributed by atoms with Gasteiger partial charge in [-0.3, -0.25) is 4.79 Å². The third-order valence-corrected chi connectivity index (χ3v) is 6.73. The van der Waals surface area contributed by atoms with Crippen LogP contribution in [0.15, 0.2) is 54.6 Å². The van der Waals surface area contributed by atoms with E-state index in [1.165, 1.54) is 30.0 Å². The molecule has 5 rings (SSSR count). The molecule has 0 aliphatic carbocycles. The first-order valence-electron chi connectivity index (χ1n) is 9.89. The molecule has 0 aromatic heterocycles. The Bertz CT molecular complexity index is 924. The third-order valence-electron chi connectivity index (χ3n) is 6.73. The molecule has 0 saturated carbocycles. The van der Waals surface area contributed by atoms with Crippen LogP contribution in [-0.4, -0.2) is 29.8 Å². The second-order valence-electron chi connectivity index (χ2n) is 8.13. The number of fused-ring (bicyclic) bond motifs is 4. The highest BCUT2D eigenvalue weighted by Gasteiger charge is 2.39. The lowest BCUT2D eigenvalue weighted by molar-refractivity contribution is 0.0340. The fraction of sp³-hybridized carbons (Fsp3) is 0.375. The van der Waals surface area contributed by atoms with Gasteiger partial charge in [0.15, 0.2) is 5.78 Å². The van der Waals surface area contributed by atoms with E-state index in [4.69, 9.17) is 0 Å². The molecule has 0 radical (unpaired) electrons. The topological polar surface area (TPSA) is 20.3 Å². The van der Waals surface area contributed by atoms with Gasteiger partial charge in [-0.2, -0.15) is 0 Å². The number of piperidine rings is 2. The zero-order chi connectivity index (χ0) is 17.7. The summed E-state index contributed by atoms with van der Waals surface area (Å²) >= 11 is 0. The molecule has 0 spiro atoms. The number of hydrogen-bond donors (Lipinski definition) is 0. The van der Waals surface area contributed by atoms with E-state index < -0.39 is 0 Å². The van der Waals surface area contributed by atoms with Crippen molar-refractivity contribution in [2.45, 2.75) is 44.2 Å². The lowest BCUT2D eigenvalue weighted by Gasteiger charge is -2.46. The summed E-state index contributed by atoms with van der Waals surface area (Å²) in [5.74, 6) is 0.527. The van der Waals surface area contributed by atoms with Gasteiger partial charge in [-0.05, 0) is 60.3 Å². The van der Waals surface area contributed by atoms with Gasteiger partial charge in [0, 0.05) is 23.6 Å². The number of benzene rings is 3. The molecule has 2 fully saturated rings. The van der Waals surface area contributed by atoms with Gasteiger partial charge in [0.2, 0.25) is 0 Å². The second kappa shape index (κ2) is 6.21. The van der Waals surface area contributed by atoms with Crippen LogP contribution in [-0.2, 0) is 0 Å². The number of ketones is 1. The van der Waals surface area contributed by atoms with E-state index in [0.717, 1.165) is 29.2 Å². The smallest absolute Gasteiger partial charge is 0.167 e. The van der Waals surface area contributed by atoms with Crippen LogP contribution in [0, 0.1) is 5.92 Å². The number of rotatable bonds is 2. The number of nitrogens with zero attached hydrogens (tertiary/aromatic N) is 1. The lowest BCUT2D eigenvalue weighted by atomic mass is 9.75. The van der Waals surface area contributed by atoms with Crippen LogP contribution in [0.3, 0.4) is 0 Å². The van der Waals surface area contributed by atoms with E-state index in [0.29, 0.717) is 17.9 Å². The minimum absolute atomic E-state index is 0.163. The SMILES string of the molecule is CN1C2CCCC1CC(C(=O)c1c3ccccc3cc3ccccc13)C2. The average Bonchev–Trinajstić information content (AvgIpc) is 2.65. The molecule has 0 N–H and O–H groups in total. The molecule has 132 valence electrons. The third kappa shape index (κ3) is 2.47. The first-order valence-corrected chi connectivity index (χ1v) is 9.89. The summed E-state index contributed by atoms with van der Waals surface area (Å²) in [6.45, 7) is 0. The molecule has 2 aliphatic heterocycles. The van der Waals surface area contributed by atoms with E-state index >= 15 is 0 Å². The zero-order valence-corrected chi connectivity index (χ0v) is 15.3. The van der Waals surface area contributed by atoms with Crippen molar-refractivity contribution in [1.29, 1.82) is 0 Å². The van der Waals surface area contributed by atoms with Gasteiger partial charge in [-0.25, -0.2) is 0 Å². The number of carbonyl (C=O) groups is 1. The largest absolute Gasteiger partial charge is 0.300 e. The second-order valence-corrected chi connectivity index (χ2v) is 8.13. The summed E-state index contributed by atoms with van der Waals surface area (Å²) in [4.78, 5) is 16.3. The van der Waals surface area contributed by atoms with Gasteiger partial charge >= 0.3 is 0 Å². The van der Waals surface area contributed by atoms with Crippen molar-refractivity contribution >= 4 is 27.3 Å². The molecule has 2 heterocycles. The van der Waals surface area contributed by atoms with Crippen LogP contribution in [0.25, 0.3) is 21.5 Å². The summed E-state index contributed by atoms with van der Waals surface area (Å²) in [6.07, 6.45) is 5.84. The van der Waals surface area contributed by atoms with Gasteiger partial charge in [-0.15, -0.1) is 0 Å². The minimum Gasteiger partial charge on any atom is -0.300 e. The van der Waals surface area contributed by atoms with E-state index in [9.17, 15) is 4.79 Å². The molecule has 2 unspecified atom stereocenters. The van der Waals surface area contributed by atoms with Crippen molar-refractivity contribution in [3.8, 4) is 0 Å². The standard InChI is InChI=1S/C24H25NO/c1-25-19-9-6-10-20(25)15-18(14-19)24(26)23-21-11-4-2-7-16(21)13-17-8-3-5-12-22(17)23/h2-5,7-8,11-13,18-20H,6,9-10,14-15H2,1H3. The monoisotopic (exact) mass is 343 g/mol. The summed E-state index contributed by atoms with van der Waals surface area (Å²) in [5, 5.41) is 4.56. The number of hydrogen-bond acceptors (Lipinski definition) is 2. The van der Waals surface area contributed by atoms with Crippen LogP contribution in [0.1, 0.15) is 42.5 Å². The molecular formula is C24H25NO. The summed E-state index contributed by atoms with van der Waals surface area (Å²) in [6, 6.07) is 20.1. The van der Waals surface area contributed by atoms with Crippen molar-refractivity contribution < 1.29 is 4.79 Å². The fourth-order valence-corrected chi connectivity index (χ4v) is 5.31. The highest BCUT2D eigenvalue weighted by Crippen LogP contribution is 2.39. The maximum Gasteiger partial charge on any atom is 0.167 e. The van der Waals surface area contributed by atoms with Gasteiger partial charge in [0.05, 0.1) is 0 Å². The van der Waals surface area contributed by atoms with E-state index in [1.54, 1.807) is 0 Å². The Morgan fingerprint density at radius 1 is 0.885 bits per heavy atom. The van der Waals surface area contributed by atoms with E-state index in [1.807, 2.05) is 0 Å². The maximum absolute atomic E-state index is 13.7. The quantitative estimate of drug-likeness (QED) is 0.456. The van der Waals surface area contributed by atoms with Crippen molar-refractivity contribution in [2.24, 2.45) is 5.92 Å². The molecule has 26 heavy (non-hydrogen) atoms. The Morgan fingerprint density at radius 2 is 1.42 bits per heavy atom. The lowest BCUT2D eigenvalue weighted by Crippen LogP contribution is -2.51.